The third-order valence-electron chi connectivity index (χ3n) is 3.77. The zero-order valence-corrected chi connectivity index (χ0v) is 16.5. The molecule has 2 heterocycles. The molecule has 0 radical (unpaired) electrons. The Morgan fingerprint density at radius 3 is 2.33 bits per heavy atom. The van der Waals surface area contributed by atoms with Crippen molar-refractivity contribution in [3.05, 3.63) is 10.7 Å². The monoisotopic (exact) mass is 409 g/mol. The van der Waals surface area contributed by atoms with Crippen molar-refractivity contribution in [1.29, 1.82) is 0 Å². The van der Waals surface area contributed by atoms with Gasteiger partial charge >= 0.3 is 18.2 Å². The summed E-state index contributed by atoms with van der Waals surface area (Å²) in [6, 6.07) is -0.324. The van der Waals surface area contributed by atoms with Crippen LogP contribution < -0.4 is 4.90 Å². The van der Waals surface area contributed by atoms with E-state index in [4.69, 9.17) is 4.74 Å². The van der Waals surface area contributed by atoms with Gasteiger partial charge < -0.3 is 19.3 Å². The first-order valence-corrected chi connectivity index (χ1v) is 9.06. The Bertz CT molecular complexity index is 715. The fourth-order valence-electron chi connectivity index (χ4n) is 2.61. The lowest BCUT2D eigenvalue weighted by molar-refractivity contribution is -0.137. The molecule has 152 valence electrons. The normalized spacial score (nSPS) is 18.4. The molecule has 27 heavy (non-hydrogen) atoms. The first-order chi connectivity index (χ1) is 12.3. The highest BCUT2D eigenvalue weighted by atomic mass is 32.1. The fraction of sp³-hybridized carbons (Fsp3) is 0.688. The number of alkyl halides is 3. The molecule has 0 N–H and O–H groups in total. The summed E-state index contributed by atoms with van der Waals surface area (Å²) in [5.74, 6) is -0.932. The number of nitrogens with zero attached hydrogens (tertiary/aromatic N) is 3. The predicted molar refractivity (Wildman–Crippen MR) is 93.1 cm³/mol. The molecule has 1 aliphatic rings. The molecule has 1 saturated heterocycles. The molecule has 1 aromatic rings. The van der Waals surface area contributed by atoms with Crippen molar-refractivity contribution >= 4 is 28.4 Å². The number of hydrogen-bond donors (Lipinski definition) is 0. The summed E-state index contributed by atoms with van der Waals surface area (Å²) in [7, 11) is 1.09. The van der Waals surface area contributed by atoms with Crippen molar-refractivity contribution in [3.8, 4) is 0 Å². The maximum absolute atomic E-state index is 13.0. The van der Waals surface area contributed by atoms with E-state index in [2.05, 4.69) is 9.72 Å². The van der Waals surface area contributed by atoms with Gasteiger partial charge in [-0.05, 0) is 27.7 Å². The van der Waals surface area contributed by atoms with Gasteiger partial charge in [-0.2, -0.15) is 13.2 Å². The van der Waals surface area contributed by atoms with Gasteiger partial charge in [0.2, 0.25) is 5.01 Å². The lowest BCUT2D eigenvalue weighted by atomic mass is 10.2. The lowest BCUT2D eigenvalue weighted by Crippen LogP contribution is -2.55. The van der Waals surface area contributed by atoms with Crippen molar-refractivity contribution in [2.24, 2.45) is 0 Å². The molecule has 11 heteroatoms. The van der Waals surface area contributed by atoms with Crippen LogP contribution in [0.1, 0.15) is 43.2 Å². The van der Waals surface area contributed by atoms with Crippen LogP contribution in [-0.2, 0) is 15.7 Å². The van der Waals surface area contributed by atoms with Gasteiger partial charge in [-0.25, -0.2) is 14.6 Å². The van der Waals surface area contributed by atoms with Crippen molar-refractivity contribution in [1.82, 2.24) is 9.88 Å². The number of piperazine rings is 1. The molecule has 1 amide bonds. The van der Waals surface area contributed by atoms with Crippen LogP contribution in [0.5, 0.6) is 0 Å². The van der Waals surface area contributed by atoms with E-state index >= 15 is 0 Å². The van der Waals surface area contributed by atoms with Crippen molar-refractivity contribution in [3.63, 3.8) is 0 Å². The predicted octanol–water partition coefficient (Wildman–Crippen LogP) is 3.39. The molecule has 1 aromatic heterocycles. The number of thiazole rings is 1. The van der Waals surface area contributed by atoms with Gasteiger partial charge in [0, 0.05) is 25.7 Å². The highest BCUT2D eigenvalue weighted by Crippen LogP contribution is 2.39. The second kappa shape index (κ2) is 7.53. The minimum Gasteiger partial charge on any atom is -0.464 e. The smallest absolute Gasteiger partial charge is 0.443 e. The van der Waals surface area contributed by atoms with Crippen molar-refractivity contribution in [2.45, 2.75) is 45.5 Å². The summed E-state index contributed by atoms with van der Waals surface area (Å²) in [5, 5.41) is -1.02. The topological polar surface area (TPSA) is 72.0 Å². The molecule has 7 nitrogen and oxygen atoms in total. The average molecular weight is 409 g/mol. The van der Waals surface area contributed by atoms with Crippen LogP contribution in [-0.4, -0.2) is 60.3 Å². The molecular weight excluding hydrogens is 387 g/mol. The lowest BCUT2D eigenvalue weighted by Gasteiger charge is -2.40. The van der Waals surface area contributed by atoms with Gasteiger partial charge in [0.1, 0.15) is 10.6 Å². The summed E-state index contributed by atoms with van der Waals surface area (Å²) in [5.41, 5.74) is -1.02. The van der Waals surface area contributed by atoms with E-state index < -0.39 is 28.8 Å². The number of amides is 1. The molecule has 1 unspecified atom stereocenters. The minimum atomic E-state index is -4.66. The maximum Gasteiger partial charge on any atom is 0.443 e. The van der Waals surface area contributed by atoms with Gasteiger partial charge in [0.25, 0.3) is 0 Å². The van der Waals surface area contributed by atoms with Gasteiger partial charge in [0.05, 0.1) is 7.11 Å². The van der Waals surface area contributed by atoms with E-state index in [-0.39, 0.29) is 36.4 Å². The molecule has 0 aliphatic carbocycles. The Balaban J connectivity index is 2.22. The third-order valence-corrected chi connectivity index (χ3v) is 4.93. The summed E-state index contributed by atoms with van der Waals surface area (Å²) < 4.78 is 49.0. The molecule has 1 fully saturated rings. The van der Waals surface area contributed by atoms with Crippen LogP contribution >= 0.6 is 11.3 Å². The van der Waals surface area contributed by atoms with Crippen molar-refractivity contribution in [2.75, 3.05) is 31.6 Å². The summed E-state index contributed by atoms with van der Waals surface area (Å²) >= 11 is 0.393. The minimum absolute atomic E-state index is 0.0878. The van der Waals surface area contributed by atoms with E-state index in [1.807, 2.05) is 0 Å². The molecule has 0 aromatic carbocycles. The molecule has 2 rings (SSSR count). The third kappa shape index (κ3) is 5.02. The van der Waals surface area contributed by atoms with E-state index in [0.29, 0.717) is 11.3 Å². The number of carbonyl (C=O) groups excluding carboxylic acids is 2. The Morgan fingerprint density at radius 1 is 1.22 bits per heavy atom. The molecule has 0 saturated carbocycles. The van der Waals surface area contributed by atoms with Crippen LogP contribution in [0.2, 0.25) is 0 Å². The zero-order valence-electron chi connectivity index (χ0n) is 15.7. The Labute approximate surface area is 159 Å². The Hall–Kier alpha value is -2.04. The maximum atomic E-state index is 13.0. The summed E-state index contributed by atoms with van der Waals surface area (Å²) in [6.07, 6.45) is -5.14. The molecule has 0 spiro atoms. The molecule has 1 atom stereocenters. The van der Waals surface area contributed by atoms with Gasteiger partial charge in [-0.3, -0.25) is 0 Å². The largest absolute Gasteiger partial charge is 0.464 e. The molecule has 0 bridgehead atoms. The quantitative estimate of drug-likeness (QED) is 0.698. The number of carbonyl (C=O) groups is 2. The number of hydrogen-bond acceptors (Lipinski definition) is 7. The van der Waals surface area contributed by atoms with Crippen LogP contribution in [0, 0.1) is 0 Å². The highest BCUT2D eigenvalue weighted by Gasteiger charge is 2.40. The number of ether oxygens (including phenoxy) is 2. The summed E-state index contributed by atoms with van der Waals surface area (Å²) in [4.78, 5) is 30.7. The zero-order chi connectivity index (χ0) is 20.6. The van der Waals surface area contributed by atoms with E-state index in [1.54, 1.807) is 32.6 Å². The molecular formula is C16H22F3N3O4S. The summed E-state index contributed by atoms with van der Waals surface area (Å²) in [6.45, 7) is 7.75. The Kier molecular flexibility index (Phi) is 5.93. The van der Waals surface area contributed by atoms with Gasteiger partial charge in [-0.15, -0.1) is 0 Å². The number of halogens is 3. The van der Waals surface area contributed by atoms with Crippen LogP contribution in [0.15, 0.2) is 0 Å². The second-order valence-electron chi connectivity index (χ2n) is 7.13. The van der Waals surface area contributed by atoms with E-state index in [0.717, 1.165) is 7.11 Å². The standard InChI is InChI=1S/C16H22F3N3O4S/c1-9-8-21(6-7-22(9)14(24)26-15(2,3)4)11-10(12(23)25-5)20-13(27-11)16(17,18)19/h9H,6-8H2,1-5H3. The van der Waals surface area contributed by atoms with E-state index in [1.165, 1.54) is 4.90 Å². The van der Waals surface area contributed by atoms with Crippen molar-refractivity contribution < 1.29 is 32.2 Å². The highest BCUT2D eigenvalue weighted by molar-refractivity contribution is 7.16. The number of esters is 1. The molecule has 1 aliphatic heterocycles. The van der Waals surface area contributed by atoms with Gasteiger partial charge in [-0.1, -0.05) is 11.3 Å². The first kappa shape index (κ1) is 21.3. The average Bonchev–Trinajstić information content (AvgIpc) is 2.97. The van der Waals surface area contributed by atoms with Gasteiger partial charge in [0.15, 0.2) is 5.69 Å². The second-order valence-corrected chi connectivity index (χ2v) is 8.11. The first-order valence-electron chi connectivity index (χ1n) is 8.24. The number of methoxy groups -OCH3 is 1. The fourth-order valence-corrected chi connectivity index (χ4v) is 3.57. The number of anilines is 1. The van der Waals surface area contributed by atoms with E-state index in [9.17, 15) is 22.8 Å². The number of aromatic nitrogens is 1. The number of rotatable bonds is 2. The van der Waals surface area contributed by atoms with Crippen LogP contribution in [0.25, 0.3) is 0 Å². The van der Waals surface area contributed by atoms with Crippen LogP contribution in [0.4, 0.5) is 23.0 Å². The van der Waals surface area contributed by atoms with Crippen LogP contribution in [0.3, 0.4) is 0 Å². The SMILES string of the molecule is COC(=O)c1nc(C(F)(F)F)sc1N1CCN(C(=O)OC(C)(C)C)C(C)C1. The Morgan fingerprint density at radius 2 is 1.85 bits per heavy atom.